The number of likely N-dealkylation sites (N-methyl/N-ethyl adjacent to an activating group) is 1. The second-order valence-corrected chi connectivity index (χ2v) is 5.65. The molecule has 0 spiro atoms. The molecule has 0 aliphatic heterocycles. The Balaban J connectivity index is 2.28. The zero-order chi connectivity index (χ0) is 19.1. The highest BCUT2D eigenvalue weighted by Gasteiger charge is 2.19. The average Bonchev–Trinajstić information content (AvgIpc) is 2.70. The third-order valence-corrected chi connectivity index (χ3v) is 4.16. The van der Waals surface area contributed by atoms with Gasteiger partial charge >= 0.3 is 0 Å². The fourth-order valence-corrected chi connectivity index (χ4v) is 2.67. The number of anilines is 3. The fraction of sp³-hybridized carbons (Fsp3) is 0.316. The topological polar surface area (TPSA) is 94.7 Å². The molecule has 0 fully saturated rings. The molecule has 1 unspecified atom stereocenters. The molecule has 5 N–H and O–H groups in total. The van der Waals surface area contributed by atoms with Crippen LogP contribution in [0.4, 0.5) is 17.1 Å². The molecule has 26 heavy (non-hydrogen) atoms. The smallest absolute Gasteiger partial charge is 0.253 e. The van der Waals surface area contributed by atoms with E-state index in [1.165, 1.54) is 7.05 Å². The van der Waals surface area contributed by atoms with E-state index in [1.54, 1.807) is 12.1 Å². The molecule has 0 bridgehead atoms. The second-order valence-electron chi connectivity index (χ2n) is 5.65. The van der Waals surface area contributed by atoms with Crippen molar-refractivity contribution in [2.24, 2.45) is 0 Å². The molecule has 2 rings (SSSR count). The maximum Gasteiger partial charge on any atom is 0.253 e. The SMILES string of the molecule is CNC(=O)C(O)c1ccccc1COc1cc(NC)c(NC)cc1NC. The highest BCUT2D eigenvalue weighted by molar-refractivity contribution is 5.82. The van der Waals surface area contributed by atoms with Crippen molar-refractivity contribution in [1.82, 2.24) is 5.32 Å². The number of nitrogens with one attached hydrogen (secondary N) is 4. The number of carbonyl (C=O) groups excluding carboxylic acids is 1. The van der Waals surface area contributed by atoms with Gasteiger partial charge in [0, 0.05) is 34.3 Å². The van der Waals surface area contributed by atoms with E-state index in [2.05, 4.69) is 21.3 Å². The van der Waals surface area contributed by atoms with E-state index < -0.39 is 12.0 Å². The maximum absolute atomic E-state index is 11.8. The molecule has 0 aliphatic rings. The lowest BCUT2D eigenvalue weighted by molar-refractivity contribution is -0.129. The van der Waals surface area contributed by atoms with Crippen molar-refractivity contribution in [3.05, 3.63) is 47.5 Å². The Morgan fingerprint density at radius 3 is 2.23 bits per heavy atom. The van der Waals surface area contributed by atoms with Gasteiger partial charge in [-0.3, -0.25) is 4.79 Å². The highest BCUT2D eigenvalue weighted by Crippen LogP contribution is 2.35. The largest absolute Gasteiger partial charge is 0.487 e. The van der Waals surface area contributed by atoms with Crippen LogP contribution in [-0.4, -0.2) is 39.2 Å². The van der Waals surface area contributed by atoms with E-state index in [-0.39, 0.29) is 6.61 Å². The number of hydrogen-bond acceptors (Lipinski definition) is 6. The van der Waals surface area contributed by atoms with Crippen LogP contribution in [0.25, 0.3) is 0 Å². The predicted molar refractivity (Wildman–Crippen MR) is 105 cm³/mol. The summed E-state index contributed by atoms with van der Waals surface area (Å²) in [6.45, 7) is 0.223. The van der Waals surface area contributed by atoms with Crippen molar-refractivity contribution in [3.8, 4) is 5.75 Å². The van der Waals surface area contributed by atoms with Gasteiger partial charge in [0.15, 0.2) is 6.10 Å². The number of carbonyl (C=O) groups is 1. The van der Waals surface area contributed by atoms with Crippen molar-refractivity contribution < 1.29 is 14.6 Å². The number of ether oxygens (including phenoxy) is 1. The highest BCUT2D eigenvalue weighted by atomic mass is 16.5. The van der Waals surface area contributed by atoms with Gasteiger partial charge in [0.05, 0.1) is 17.1 Å². The van der Waals surface area contributed by atoms with Gasteiger partial charge in [0.2, 0.25) is 0 Å². The van der Waals surface area contributed by atoms with Crippen molar-refractivity contribution in [1.29, 1.82) is 0 Å². The van der Waals surface area contributed by atoms with Crippen LogP contribution in [0, 0.1) is 0 Å². The molecule has 2 aromatic rings. The zero-order valence-electron chi connectivity index (χ0n) is 15.5. The number of amides is 1. The molecule has 2 aromatic carbocycles. The van der Waals surface area contributed by atoms with Crippen LogP contribution in [0.1, 0.15) is 17.2 Å². The van der Waals surface area contributed by atoms with E-state index >= 15 is 0 Å². The summed E-state index contributed by atoms with van der Waals surface area (Å²) in [4.78, 5) is 11.8. The summed E-state index contributed by atoms with van der Waals surface area (Å²) >= 11 is 0. The number of hydrogen-bond donors (Lipinski definition) is 5. The number of benzene rings is 2. The normalized spacial score (nSPS) is 11.4. The quantitative estimate of drug-likeness (QED) is 0.496. The molecule has 0 radical (unpaired) electrons. The van der Waals surface area contributed by atoms with Crippen molar-refractivity contribution >= 4 is 23.0 Å². The van der Waals surface area contributed by atoms with Crippen LogP contribution < -0.4 is 26.0 Å². The van der Waals surface area contributed by atoms with Crippen LogP contribution in [0.15, 0.2) is 36.4 Å². The lowest BCUT2D eigenvalue weighted by Gasteiger charge is -2.18. The van der Waals surface area contributed by atoms with Crippen LogP contribution in [0.3, 0.4) is 0 Å². The summed E-state index contributed by atoms with van der Waals surface area (Å²) in [5.74, 6) is 0.212. The van der Waals surface area contributed by atoms with E-state index in [0.717, 1.165) is 22.6 Å². The lowest BCUT2D eigenvalue weighted by atomic mass is 10.0. The first-order valence-electron chi connectivity index (χ1n) is 8.37. The Hall–Kier alpha value is -2.93. The van der Waals surface area contributed by atoms with E-state index in [4.69, 9.17) is 4.74 Å². The van der Waals surface area contributed by atoms with Gasteiger partial charge in [-0.25, -0.2) is 0 Å². The van der Waals surface area contributed by atoms with Crippen molar-refractivity contribution in [3.63, 3.8) is 0 Å². The minimum absolute atomic E-state index is 0.223. The summed E-state index contributed by atoms with van der Waals surface area (Å²) in [5.41, 5.74) is 3.95. The van der Waals surface area contributed by atoms with Gasteiger partial charge in [-0.1, -0.05) is 24.3 Å². The molecule has 1 amide bonds. The Kier molecular flexibility index (Phi) is 6.68. The van der Waals surface area contributed by atoms with Crippen molar-refractivity contribution in [2.45, 2.75) is 12.7 Å². The van der Waals surface area contributed by atoms with Crippen LogP contribution in [0.5, 0.6) is 5.75 Å². The van der Waals surface area contributed by atoms with E-state index in [0.29, 0.717) is 11.3 Å². The summed E-state index contributed by atoms with van der Waals surface area (Å²) in [6, 6.07) is 11.0. The minimum atomic E-state index is -1.23. The van der Waals surface area contributed by atoms with Crippen LogP contribution in [-0.2, 0) is 11.4 Å². The minimum Gasteiger partial charge on any atom is -0.487 e. The predicted octanol–water partition coefficient (Wildman–Crippen LogP) is 2.17. The lowest BCUT2D eigenvalue weighted by Crippen LogP contribution is -2.26. The fourth-order valence-electron chi connectivity index (χ4n) is 2.67. The molecule has 140 valence electrons. The van der Waals surface area contributed by atoms with Gasteiger partial charge in [0.1, 0.15) is 12.4 Å². The molecule has 7 heteroatoms. The van der Waals surface area contributed by atoms with Crippen LogP contribution in [0.2, 0.25) is 0 Å². The van der Waals surface area contributed by atoms with Gasteiger partial charge in [-0.15, -0.1) is 0 Å². The average molecular weight is 358 g/mol. The summed E-state index contributed by atoms with van der Waals surface area (Å²) < 4.78 is 5.99. The molecule has 0 saturated carbocycles. The third-order valence-electron chi connectivity index (χ3n) is 4.16. The Morgan fingerprint density at radius 2 is 1.62 bits per heavy atom. The molecule has 0 saturated heterocycles. The van der Waals surface area contributed by atoms with Crippen molar-refractivity contribution in [2.75, 3.05) is 44.1 Å². The molecular formula is C19H26N4O3. The molecule has 7 nitrogen and oxygen atoms in total. The third kappa shape index (κ3) is 4.18. The van der Waals surface area contributed by atoms with Crippen LogP contribution >= 0.6 is 0 Å². The number of aliphatic hydroxyl groups excluding tert-OH is 1. The van der Waals surface area contributed by atoms with Gasteiger partial charge in [-0.2, -0.15) is 0 Å². The summed E-state index contributed by atoms with van der Waals surface area (Å²) in [5, 5.41) is 22.0. The number of aliphatic hydroxyl groups is 1. The first-order chi connectivity index (χ1) is 12.5. The summed E-state index contributed by atoms with van der Waals surface area (Å²) in [7, 11) is 7.01. The standard InChI is InChI=1S/C19H26N4O3/c1-20-14-9-16(22-3)17(10-15(14)21-2)26-11-12-7-5-6-8-13(12)18(24)19(25)23-4/h5-10,18,20-22,24H,11H2,1-4H3,(H,23,25). The number of rotatable bonds is 8. The monoisotopic (exact) mass is 358 g/mol. The maximum atomic E-state index is 11.8. The Labute approximate surface area is 153 Å². The van der Waals surface area contributed by atoms with Gasteiger partial charge in [-0.05, 0) is 17.2 Å². The van der Waals surface area contributed by atoms with E-state index in [1.807, 2.05) is 45.4 Å². The Morgan fingerprint density at radius 1 is 1.00 bits per heavy atom. The van der Waals surface area contributed by atoms with E-state index in [9.17, 15) is 9.90 Å². The molecule has 0 heterocycles. The van der Waals surface area contributed by atoms with Gasteiger partial charge < -0.3 is 31.1 Å². The zero-order valence-corrected chi connectivity index (χ0v) is 15.5. The first kappa shape index (κ1) is 19.4. The Bertz CT molecular complexity index is 764. The molecule has 0 aromatic heterocycles. The van der Waals surface area contributed by atoms with Gasteiger partial charge in [0.25, 0.3) is 5.91 Å². The molecule has 1 atom stereocenters. The second kappa shape index (κ2) is 8.96. The molecule has 0 aliphatic carbocycles. The first-order valence-corrected chi connectivity index (χ1v) is 8.37. The summed E-state index contributed by atoms with van der Waals surface area (Å²) in [6.07, 6.45) is -1.23. The molecular weight excluding hydrogens is 332 g/mol.